The van der Waals surface area contributed by atoms with Gasteiger partial charge >= 0.3 is 0 Å². The number of halogens is 1. The van der Waals surface area contributed by atoms with Crippen LogP contribution in [0.25, 0.3) is 0 Å². The van der Waals surface area contributed by atoms with E-state index in [4.69, 9.17) is 11.6 Å². The fourth-order valence-electron chi connectivity index (χ4n) is 2.67. The Morgan fingerprint density at radius 3 is 1.95 bits per heavy atom. The second kappa shape index (κ2) is 7.55. The van der Waals surface area contributed by atoms with E-state index in [0.29, 0.717) is 0 Å². The second-order valence-corrected chi connectivity index (χ2v) is 6.10. The van der Waals surface area contributed by atoms with E-state index in [1.165, 1.54) is 16.8 Å². The first-order chi connectivity index (χ1) is 10.5. The maximum atomic E-state index is 6.35. The van der Waals surface area contributed by atoms with Gasteiger partial charge < -0.3 is 9.80 Å². The fraction of sp³-hybridized carbons (Fsp3) is 0.368. The van der Waals surface area contributed by atoms with Gasteiger partial charge in [-0.2, -0.15) is 0 Å². The first-order valence-electron chi connectivity index (χ1n) is 7.84. The Morgan fingerprint density at radius 1 is 0.864 bits per heavy atom. The van der Waals surface area contributed by atoms with E-state index in [1.54, 1.807) is 0 Å². The summed E-state index contributed by atoms with van der Waals surface area (Å²) < 4.78 is 0. The SMILES string of the molecule is CCN(CC)c1ccc(Cc2ccc(N(C)C)c(Cl)c2)cc1. The normalized spacial score (nSPS) is 10.6. The Balaban J connectivity index is 2.12. The summed E-state index contributed by atoms with van der Waals surface area (Å²) in [6.45, 7) is 6.45. The van der Waals surface area contributed by atoms with E-state index >= 15 is 0 Å². The maximum Gasteiger partial charge on any atom is 0.0642 e. The van der Waals surface area contributed by atoms with Gasteiger partial charge in [0.05, 0.1) is 10.7 Å². The van der Waals surface area contributed by atoms with Gasteiger partial charge in [0.2, 0.25) is 0 Å². The molecule has 0 bridgehead atoms. The third kappa shape index (κ3) is 3.95. The molecule has 0 saturated heterocycles. The number of anilines is 2. The summed E-state index contributed by atoms with van der Waals surface area (Å²) >= 11 is 6.35. The number of hydrogen-bond acceptors (Lipinski definition) is 2. The summed E-state index contributed by atoms with van der Waals surface area (Å²) in [5.41, 5.74) is 4.90. The molecule has 0 aliphatic heterocycles. The van der Waals surface area contributed by atoms with E-state index in [1.807, 2.05) is 19.0 Å². The molecule has 0 aromatic heterocycles. The molecular formula is C19H25ClN2. The topological polar surface area (TPSA) is 6.48 Å². The van der Waals surface area contributed by atoms with E-state index < -0.39 is 0 Å². The van der Waals surface area contributed by atoms with Gasteiger partial charge in [-0.1, -0.05) is 29.8 Å². The Hall–Kier alpha value is -1.67. The van der Waals surface area contributed by atoms with Crippen molar-refractivity contribution >= 4 is 23.0 Å². The van der Waals surface area contributed by atoms with Crippen molar-refractivity contribution in [2.24, 2.45) is 0 Å². The van der Waals surface area contributed by atoms with Crippen LogP contribution in [-0.2, 0) is 6.42 Å². The molecule has 3 heteroatoms. The Bertz CT molecular complexity index is 601. The van der Waals surface area contributed by atoms with Crippen LogP contribution >= 0.6 is 11.6 Å². The van der Waals surface area contributed by atoms with Crippen LogP contribution in [0.15, 0.2) is 42.5 Å². The second-order valence-electron chi connectivity index (χ2n) is 5.70. The van der Waals surface area contributed by atoms with Crippen LogP contribution in [0, 0.1) is 0 Å². The van der Waals surface area contributed by atoms with E-state index in [-0.39, 0.29) is 0 Å². The van der Waals surface area contributed by atoms with Crippen LogP contribution in [0.1, 0.15) is 25.0 Å². The Morgan fingerprint density at radius 2 is 1.45 bits per heavy atom. The molecule has 0 fully saturated rings. The smallest absolute Gasteiger partial charge is 0.0642 e. The van der Waals surface area contributed by atoms with Crippen molar-refractivity contribution in [2.75, 3.05) is 37.0 Å². The average Bonchev–Trinajstić information content (AvgIpc) is 2.50. The minimum atomic E-state index is 0.808. The largest absolute Gasteiger partial charge is 0.376 e. The molecule has 118 valence electrons. The Labute approximate surface area is 139 Å². The zero-order valence-electron chi connectivity index (χ0n) is 13.9. The standard InChI is InChI=1S/C19H25ClN2/c1-5-22(6-2)17-10-7-15(8-11-17)13-16-9-12-19(21(3)4)18(20)14-16/h7-12,14H,5-6,13H2,1-4H3. The molecule has 22 heavy (non-hydrogen) atoms. The zero-order valence-corrected chi connectivity index (χ0v) is 14.7. The molecule has 0 saturated carbocycles. The Kier molecular flexibility index (Phi) is 5.73. The van der Waals surface area contributed by atoms with E-state index in [9.17, 15) is 0 Å². The van der Waals surface area contributed by atoms with Crippen LogP contribution in [0.3, 0.4) is 0 Å². The predicted octanol–water partition coefficient (Wildman–Crippen LogP) is 4.84. The van der Waals surface area contributed by atoms with Crippen molar-refractivity contribution in [1.29, 1.82) is 0 Å². The first kappa shape index (κ1) is 16.7. The van der Waals surface area contributed by atoms with Crippen LogP contribution in [0.4, 0.5) is 11.4 Å². The van der Waals surface area contributed by atoms with Crippen molar-refractivity contribution in [2.45, 2.75) is 20.3 Å². The van der Waals surface area contributed by atoms with Gasteiger partial charge in [0, 0.05) is 32.9 Å². The van der Waals surface area contributed by atoms with Gasteiger partial charge in [0.1, 0.15) is 0 Å². The zero-order chi connectivity index (χ0) is 16.1. The number of benzene rings is 2. The van der Waals surface area contributed by atoms with Gasteiger partial charge in [-0.25, -0.2) is 0 Å². The van der Waals surface area contributed by atoms with Gasteiger partial charge in [0.15, 0.2) is 0 Å². The van der Waals surface area contributed by atoms with Crippen LogP contribution in [0.5, 0.6) is 0 Å². The highest BCUT2D eigenvalue weighted by Crippen LogP contribution is 2.26. The predicted molar refractivity (Wildman–Crippen MR) is 98.6 cm³/mol. The van der Waals surface area contributed by atoms with E-state index in [0.717, 1.165) is 30.2 Å². The summed E-state index contributed by atoms with van der Waals surface area (Å²) in [5.74, 6) is 0. The highest BCUT2D eigenvalue weighted by molar-refractivity contribution is 6.33. The lowest BCUT2D eigenvalue weighted by atomic mass is 10.0. The first-order valence-corrected chi connectivity index (χ1v) is 8.22. The molecule has 0 heterocycles. The molecule has 2 aromatic rings. The number of rotatable bonds is 6. The maximum absolute atomic E-state index is 6.35. The van der Waals surface area contributed by atoms with Gasteiger partial charge in [-0.05, 0) is 55.7 Å². The lowest BCUT2D eigenvalue weighted by Crippen LogP contribution is -2.21. The monoisotopic (exact) mass is 316 g/mol. The van der Waals surface area contributed by atoms with Gasteiger partial charge in [-0.3, -0.25) is 0 Å². The number of nitrogens with zero attached hydrogens (tertiary/aromatic N) is 2. The summed E-state index contributed by atoms with van der Waals surface area (Å²) in [6.07, 6.45) is 0.909. The molecule has 0 aliphatic carbocycles. The summed E-state index contributed by atoms with van der Waals surface area (Å²) in [5, 5.41) is 0.808. The van der Waals surface area contributed by atoms with Crippen LogP contribution in [0.2, 0.25) is 5.02 Å². The minimum absolute atomic E-state index is 0.808. The van der Waals surface area contributed by atoms with Crippen LogP contribution in [-0.4, -0.2) is 27.2 Å². The fourth-order valence-corrected chi connectivity index (χ4v) is 3.04. The lowest BCUT2D eigenvalue weighted by molar-refractivity contribution is 0.866. The molecule has 0 amide bonds. The average molecular weight is 317 g/mol. The molecule has 0 aliphatic rings. The minimum Gasteiger partial charge on any atom is -0.376 e. The molecule has 0 unspecified atom stereocenters. The molecule has 0 N–H and O–H groups in total. The molecule has 0 radical (unpaired) electrons. The summed E-state index contributed by atoms with van der Waals surface area (Å²) in [7, 11) is 4.01. The van der Waals surface area contributed by atoms with Gasteiger partial charge in [-0.15, -0.1) is 0 Å². The molecule has 2 aromatic carbocycles. The van der Waals surface area contributed by atoms with Crippen molar-refractivity contribution < 1.29 is 0 Å². The van der Waals surface area contributed by atoms with Crippen molar-refractivity contribution in [3.63, 3.8) is 0 Å². The highest BCUT2D eigenvalue weighted by Gasteiger charge is 2.05. The quantitative estimate of drug-likeness (QED) is 0.752. The third-order valence-electron chi connectivity index (χ3n) is 3.97. The summed E-state index contributed by atoms with van der Waals surface area (Å²) in [4.78, 5) is 4.39. The van der Waals surface area contributed by atoms with Crippen molar-refractivity contribution in [1.82, 2.24) is 0 Å². The lowest BCUT2D eigenvalue weighted by Gasteiger charge is -2.21. The molecular weight excluding hydrogens is 292 g/mol. The summed E-state index contributed by atoms with van der Waals surface area (Å²) in [6, 6.07) is 15.1. The highest BCUT2D eigenvalue weighted by atomic mass is 35.5. The third-order valence-corrected chi connectivity index (χ3v) is 4.27. The number of hydrogen-bond donors (Lipinski definition) is 0. The molecule has 2 nitrogen and oxygen atoms in total. The van der Waals surface area contributed by atoms with E-state index in [2.05, 4.69) is 61.2 Å². The van der Waals surface area contributed by atoms with Crippen LogP contribution < -0.4 is 9.80 Å². The molecule has 0 spiro atoms. The van der Waals surface area contributed by atoms with Crippen molar-refractivity contribution in [3.8, 4) is 0 Å². The van der Waals surface area contributed by atoms with Crippen molar-refractivity contribution in [3.05, 3.63) is 58.6 Å². The van der Waals surface area contributed by atoms with Gasteiger partial charge in [0.25, 0.3) is 0 Å². The molecule has 0 atom stereocenters. The molecule has 2 rings (SSSR count).